The number of nitrogens with one attached hydrogen (secondary N) is 1. The van der Waals surface area contributed by atoms with Gasteiger partial charge in [-0.25, -0.2) is 0 Å². The van der Waals surface area contributed by atoms with Crippen LogP contribution < -0.4 is 5.32 Å². The molecule has 2 fully saturated rings. The Morgan fingerprint density at radius 3 is 2.54 bits per heavy atom. The topological polar surface area (TPSA) is 86.7 Å². The van der Waals surface area contributed by atoms with Crippen LogP contribution in [-0.2, 0) is 14.4 Å². The van der Waals surface area contributed by atoms with E-state index in [1.165, 1.54) is 0 Å². The Labute approximate surface area is 157 Å². The van der Waals surface area contributed by atoms with Gasteiger partial charge >= 0.3 is 5.97 Å². The van der Waals surface area contributed by atoms with Gasteiger partial charge in [0.2, 0.25) is 11.8 Å². The lowest BCUT2D eigenvalue weighted by Crippen LogP contribution is -2.42. The van der Waals surface area contributed by atoms with Crippen molar-refractivity contribution < 1.29 is 19.5 Å². The van der Waals surface area contributed by atoms with Crippen LogP contribution in [-0.4, -0.2) is 40.9 Å². The van der Waals surface area contributed by atoms with Crippen LogP contribution in [0.2, 0.25) is 5.02 Å². The molecule has 26 heavy (non-hydrogen) atoms. The number of hydrogen-bond acceptors (Lipinski definition) is 3. The predicted octanol–water partition coefficient (Wildman–Crippen LogP) is 2.62. The van der Waals surface area contributed by atoms with Crippen LogP contribution in [0.5, 0.6) is 0 Å². The zero-order chi connectivity index (χ0) is 18.8. The van der Waals surface area contributed by atoms with Crippen molar-refractivity contribution in [2.75, 3.05) is 7.05 Å². The monoisotopic (exact) mass is 378 g/mol. The fourth-order valence-corrected chi connectivity index (χ4v) is 4.24. The van der Waals surface area contributed by atoms with Crippen molar-refractivity contribution in [3.8, 4) is 0 Å². The number of amides is 2. The van der Waals surface area contributed by atoms with Crippen molar-refractivity contribution in [3.63, 3.8) is 0 Å². The lowest BCUT2D eigenvalue weighted by Gasteiger charge is -2.30. The molecule has 0 bridgehead atoms. The van der Waals surface area contributed by atoms with E-state index in [2.05, 4.69) is 5.32 Å². The highest BCUT2D eigenvalue weighted by Gasteiger charge is 2.43. The van der Waals surface area contributed by atoms with Crippen LogP contribution in [0.25, 0.3) is 0 Å². The van der Waals surface area contributed by atoms with Crippen molar-refractivity contribution in [2.45, 2.75) is 44.2 Å². The molecule has 2 N–H and O–H groups in total. The molecule has 1 saturated carbocycles. The second-order valence-corrected chi connectivity index (χ2v) is 7.65. The highest BCUT2D eigenvalue weighted by atomic mass is 35.5. The first-order chi connectivity index (χ1) is 12.4. The maximum atomic E-state index is 12.8. The third-order valence-corrected chi connectivity index (χ3v) is 5.77. The van der Waals surface area contributed by atoms with Gasteiger partial charge in [0.1, 0.15) is 0 Å². The van der Waals surface area contributed by atoms with Crippen molar-refractivity contribution >= 4 is 29.4 Å². The number of benzene rings is 1. The van der Waals surface area contributed by atoms with Crippen molar-refractivity contribution in [1.82, 2.24) is 10.2 Å². The van der Waals surface area contributed by atoms with Crippen molar-refractivity contribution in [2.24, 2.45) is 11.8 Å². The first-order valence-electron chi connectivity index (χ1n) is 8.91. The minimum atomic E-state index is -0.765. The summed E-state index contributed by atoms with van der Waals surface area (Å²) in [7, 11) is 1.71. The Bertz CT molecular complexity index is 715. The SMILES string of the molecule is CN1C(=O)CC(C(=O)NC2CCC(C(=O)O)CC2)C1c1cccc(Cl)c1. The summed E-state index contributed by atoms with van der Waals surface area (Å²) in [6.07, 6.45) is 2.62. The van der Waals surface area contributed by atoms with E-state index in [9.17, 15) is 14.4 Å². The molecule has 1 aromatic carbocycles. The number of nitrogens with zero attached hydrogens (tertiary/aromatic N) is 1. The summed E-state index contributed by atoms with van der Waals surface area (Å²) >= 11 is 6.08. The van der Waals surface area contributed by atoms with Crippen molar-refractivity contribution in [3.05, 3.63) is 34.9 Å². The number of rotatable bonds is 4. The number of carboxylic acids is 1. The zero-order valence-corrected chi connectivity index (χ0v) is 15.4. The average molecular weight is 379 g/mol. The smallest absolute Gasteiger partial charge is 0.306 e. The summed E-state index contributed by atoms with van der Waals surface area (Å²) < 4.78 is 0. The average Bonchev–Trinajstić information content (AvgIpc) is 2.90. The molecule has 2 atom stereocenters. The van der Waals surface area contributed by atoms with E-state index in [4.69, 9.17) is 16.7 Å². The van der Waals surface area contributed by atoms with Gasteiger partial charge in [0, 0.05) is 24.5 Å². The molecule has 3 rings (SSSR count). The summed E-state index contributed by atoms with van der Waals surface area (Å²) in [5.74, 6) is -1.76. The second kappa shape index (κ2) is 7.66. The third kappa shape index (κ3) is 3.85. The Kier molecular flexibility index (Phi) is 5.51. The summed E-state index contributed by atoms with van der Waals surface area (Å²) in [4.78, 5) is 37.7. The first kappa shape index (κ1) is 18.7. The molecule has 6 nitrogen and oxygen atoms in total. The number of hydrogen-bond donors (Lipinski definition) is 2. The molecular formula is C19H23ClN2O4. The quantitative estimate of drug-likeness (QED) is 0.843. The largest absolute Gasteiger partial charge is 0.481 e. The maximum absolute atomic E-state index is 12.8. The van der Waals surface area contributed by atoms with Crippen LogP contribution in [0, 0.1) is 11.8 Å². The Morgan fingerprint density at radius 1 is 1.23 bits per heavy atom. The van der Waals surface area contributed by atoms with E-state index >= 15 is 0 Å². The summed E-state index contributed by atoms with van der Waals surface area (Å²) in [5, 5.41) is 12.7. The molecule has 140 valence electrons. The van der Waals surface area contributed by atoms with Crippen LogP contribution in [0.3, 0.4) is 0 Å². The first-order valence-corrected chi connectivity index (χ1v) is 9.29. The van der Waals surface area contributed by atoms with E-state index in [1.807, 2.05) is 12.1 Å². The second-order valence-electron chi connectivity index (χ2n) is 7.21. The molecule has 1 aromatic rings. The lowest BCUT2D eigenvalue weighted by atomic mass is 9.85. The highest BCUT2D eigenvalue weighted by Crippen LogP contribution is 2.38. The van der Waals surface area contributed by atoms with E-state index < -0.39 is 11.9 Å². The molecule has 2 aliphatic rings. The Hall–Kier alpha value is -2.08. The molecule has 7 heteroatoms. The van der Waals surface area contributed by atoms with E-state index in [0.717, 1.165) is 5.56 Å². The van der Waals surface area contributed by atoms with Gasteiger partial charge in [0.15, 0.2) is 0 Å². The van der Waals surface area contributed by atoms with Gasteiger partial charge in [-0.05, 0) is 43.4 Å². The van der Waals surface area contributed by atoms with Gasteiger partial charge in [0.25, 0.3) is 0 Å². The molecule has 0 spiro atoms. The number of carbonyl (C=O) groups is 3. The minimum Gasteiger partial charge on any atom is -0.481 e. The van der Waals surface area contributed by atoms with E-state index in [1.54, 1.807) is 24.1 Å². The summed E-state index contributed by atoms with van der Waals surface area (Å²) in [6.45, 7) is 0. The fourth-order valence-electron chi connectivity index (χ4n) is 4.04. The van der Waals surface area contributed by atoms with Crippen LogP contribution in [0.15, 0.2) is 24.3 Å². The molecule has 2 amide bonds. The van der Waals surface area contributed by atoms with Crippen LogP contribution >= 0.6 is 11.6 Å². The highest BCUT2D eigenvalue weighted by molar-refractivity contribution is 6.30. The van der Waals surface area contributed by atoms with E-state index in [0.29, 0.717) is 30.7 Å². The molecule has 1 aliphatic carbocycles. The normalized spacial score (nSPS) is 28.8. The molecule has 0 aromatic heterocycles. The van der Waals surface area contributed by atoms with E-state index in [-0.39, 0.29) is 36.2 Å². The number of carboxylic acid groups (broad SMARTS) is 1. The van der Waals surface area contributed by atoms with Crippen molar-refractivity contribution in [1.29, 1.82) is 0 Å². The summed E-state index contributed by atoms with van der Waals surface area (Å²) in [6, 6.07) is 6.88. The number of aliphatic carboxylic acids is 1. The number of halogens is 1. The van der Waals surface area contributed by atoms with Crippen LogP contribution in [0.1, 0.15) is 43.7 Å². The molecule has 2 unspecified atom stereocenters. The lowest BCUT2D eigenvalue weighted by molar-refractivity contribution is -0.143. The summed E-state index contributed by atoms with van der Waals surface area (Å²) in [5.41, 5.74) is 0.848. The van der Waals surface area contributed by atoms with Gasteiger partial charge in [-0.1, -0.05) is 23.7 Å². The minimum absolute atomic E-state index is 0.0286. The van der Waals surface area contributed by atoms with Gasteiger partial charge in [0.05, 0.1) is 17.9 Å². The predicted molar refractivity (Wildman–Crippen MR) is 96.6 cm³/mol. The van der Waals surface area contributed by atoms with Gasteiger partial charge in [-0.3, -0.25) is 14.4 Å². The van der Waals surface area contributed by atoms with Gasteiger partial charge < -0.3 is 15.3 Å². The van der Waals surface area contributed by atoms with Gasteiger partial charge in [-0.2, -0.15) is 0 Å². The zero-order valence-electron chi connectivity index (χ0n) is 14.7. The Balaban J connectivity index is 1.69. The Morgan fingerprint density at radius 2 is 1.92 bits per heavy atom. The standard InChI is InChI=1S/C19H23ClN2O4/c1-22-16(23)10-15(17(22)12-3-2-4-13(20)9-12)18(24)21-14-7-5-11(6-8-14)19(25)26/h2-4,9,11,14-15,17H,5-8,10H2,1H3,(H,21,24)(H,25,26). The molecule has 1 heterocycles. The number of carbonyl (C=O) groups excluding carboxylic acids is 2. The third-order valence-electron chi connectivity index (χ3n) is 5.54. The maximum Gasteiger partial charge on any atom is 0.306 e. The van der Waals surface area contributed by atoms with Gasteiger partial charge in [-0.15, -0.1) is 0 Å². The van der Waals surface area contributed by atoms with Crippen LogP contribution in [0.4, 0.5) is 0 Å². The molecular weight excluding hydrogens is 356 g/mol. The molecule has 1 saturated heterocycles. The molecule has 0 radical (unpaired) electrons. The fraction of sp³-hybridized carbons (Fsp3) is 0.526. The number of likely N-dealkylation sites (tertiary alicyclic amines) is 1. The molecule has 1 aliphatic heterocycles.